The molecule has 3 rings (SSSR count). The number of phenols is 1. The molecular weight excluding hydrogens is 222 g/mol. The van der Waals surface area contributed by atoms with E-state index in [4.69, 9.17) is 0 Å². The van der Waals surface area contributed by atoms with E-state index in [0.717, 1.165) is 18.4 Å². The third-order valence-corrected chi connectivity index (χ3v) is 3.85. The lowest BCUT2D eigenvalue weighted by Crippen LogP contribution is -2.21. The second-order valence-corrected chi connectivity index (χ2v) is 5.12. The van der Waals surface area contributed by atoms with Crippen molar-refractivity contribution in [3.8, 4) is 5.75 Å². The number of hydrogen-bond acceptors (Lipinski definition) is 2. The van der Waals surface area contributed by atoms with Gasteiger partial charge in [-0.25, -0.2) is 0 Å². The van der Waals surface area contributed by atoms with Gasteiger partial charge < -0.3 is 10.0 Å². The lowest BCUT2D eigenvalue weighted by atomic mass is 10.0. The number of hydrogen-bond donors (Lipinski definition) is 1. The van der Waals surface area contributed by atoms with Gasteiger partial charge in [0.05, 0.1) is 0 Å². The van der Waals surface area contributed by atoms with E-state index in [1.54, 1.807) is 6.07 Å². The van der Waals surface area contributed by atoms with Gasteiger partial charge in [0.25, 0.3) is 0 Å². The van der Waals surface area contributed by atoms with Crippen LogP contribution in [0.2, 0.25) is 0 Å². The molecule has 1 aliphatic rings. The molecule has 18 heavy (non-hydrogen) atoms. The predicted octanol–water partition coefficient (Wildman–Crippen LogP) is 3.18. The van der Waals surface area contributed by atoms with Crippen molar-refractivity contribution in [1.82, 2.24) is 4.90 Å². The molecule has 2 heteroatoms. The Kier molecular flexibility index (Phi) is 3.20. The number of benzene rings is 2. The van der Waals surface area contributed by atoms with E-state index in [-0.39, 0.29) is 0 Å². The summed E-state index contributed by atoms with van der Waals surface area (Å²) in [6, 6.07) is 12.0. The largest absolute Gasteiger partial charge is 0.508 e. The Bertz CT molecular complexity index is 544. The molecule has 0 atom stereocenters. The second-order valence-electron chi connectivity index (χ2n) is 5.12. The number of likely N-dealkylation sites (tertiary alicyclic amines) is 1. The fourth-order valence-electron chi connectivity index (χ4n) is 2.84. The summed E-state index contributed by atoms with van der Waals surface area (Å²) >= 11 is 0. The van der Waals surface area contributed by atoms with E-state index in [2.05, 4.69) is 23.1 Å². The zero-order chi connectivity index (χ0) is 12.4. The van der Waals surface area contributed by atoms with Gasteiger partial charge in [-0.15, -0.1) is 0 Å². The molecule has 0 aliphatic carbocycles. The first-order chi connectivity index (χ1) is 8.83. The van der Waals surface area contributed by atoms with Crippen molar-refractivity contribution < 1.29 is 5.11 Å². The lowest BCUT2D eigenvalue weighted by molar-refractivity contribution is 0.344. The van der Waals surface area contributed by atoms with Crippen molar-refractivity contribution in [3.05, 3.63) is 42.0 Å². The van der Waals surface area contributed by atoms with Crippen LogP contribution in [-0.2, 0) is 6.42 Å². The standard InChI is InChI=1S/C16H19NO/c18-15-6-7-16-13(4-3-5-14(16)12-15)8-11-17-9-1-2-10-17/h3-7,12,18H,1-2,8-11H2. The summed E-state index contributed by atoms with van der Waals surface area (Å²) in [5.74, 6) is 0.346. The minimum absolute atomic E-state index is 0.346. The van der Waals surface area contributed by atoms with E-state index in [1.807, 2.05) is 12.1 Å². The van der Waals surface area contributed by atoms with Gasteiger partial charge in [0.1, 0.15) is 5.75 Å². The van der Waals surface area contributed by atoms with Gasteiger partial charge in [0, 0.05) is 6.54 Å². The van der Waals surface area contributed by atoms with Crippen molar-refractivity contribution in [2.45, 2.75) is 19.3 Å². The number of nitrogens with zero attached hydrogens (tertiary/aromatic N) is 1. The van der Waals surface area contributed by atoms with Crippen LogP contribution in [0.25, 0.3) is 10.8 Å². The maximum Gasteiger partial charge on any atom is 0.116 e. The Labute approximate surface area is 108 Å². The monoisotopic (exact) mass is 241 g/mol. The van der Waals surface area contributed by atoms with Crippen LogP contribution >= 0.6 is 0 Å². The van der Waals surface area contributed by atoms with Crippen LogP contribution in [0.15, 0.2) is 36.4 Å². The molecule has 1 saturated heterocycles. The molecule has 0 spiro atoms. The molecule has 1 aliphatic heterocycles. The first-order valence-corrected chi connectivity index (χ1v) is 6.76. The smallest absolute Gasteiger partial charge is 0.116 e. The number of rotatable bonds is 3. The third kappa shape index (κ3) is 2.34. The van der Waals surface area contributed by atoms with Crippen LogP contribution in [0.4, 0.5) is 0 Å². The molecule has 1 fully saturated rings. The van der Waals surface area contributed by atoms with E-state index in [9.17, 15) is 5.11 Å². The summed E-state index contributed by atoms with van der Waals surface area (Å²) in [5, 5.41) is 11.9. The second kappa shape index (κ2) is 4.99. The van der Waals surface area contributed by atoms with Crippen LogP contribution in [0.5, 0.6) is 5.75 Å². The van der Waals surface area contributed by atoms with Crippen LogP contribution in [0.3, 0.4) is 0 Å². The zero-order valence-electron chi connectivity index (χ0n) is 10.6. The van der Waals surface area contributed by atoms with Gasteiger partial charge in [0.2, 0.25) is 0 Å². The van der Waals surface area contributed by atoms with E-state index in [0.29, 0.717) is 5.75 Å². The summed E-state index contributed by atoms with van der Waals surface area (Å²) in [6.45, 7) is 3.66. The van der Waals surface area contributed by atoms with Gasteiger partial charge in [-0.1, -0.05) is 24.3 Å². The van der Waals surface area contributed by atoms with Crippen molar-refractivity contribution in [2.24, 2.45) is 0 Å². The minimum atomic E-state index is 0.346. The van der Waals surface area contributed by atoms with E-state index < -0.39 is 0 Å². The highest BCUT2D eigenvalue weighted by molar-refractivity contribution is 5.86. The molecule has 0 radical (unpaired) electrons. The van der Waals surface area contributed by atoms with Crippen molar-refractivity contribution in [3.63, 3.8) is 0 Å². The molecule has 0 bridgehead atoms. The van der Waals surface area contributed by atoms with Crippen molar-refractivity contribution in [1.29, 1.82) is 0 Å². The van der Waals surface area contributed by atoms with Gasteiger partial charge in [0.15, 0.2) is 0 Å². The Morgan fingerprint density at radius 3 is 2.72 bits per heavy atom. The third-order valence-electron chi connectivity index (χ3n) is 3.85. The average molecular weight is 241 g/mol. The first kappa shape index (κ1) is 11.5. The molecule has 0 saturated carbocycles. The fourth-order valence-corrected chi connectivity index (χ4v) is 2.84. The fraction of sp³-hybridized carbons (Fsp3) is 0.375. The summed E-state index contributed by atoms with van der Waals surface area (Å²) in [6.07, 6.45) is 3.80. The molecule has 2 nitrogen and oxygen atoms in total. The summed E-state index contributed by atoms with van der Waals surface area (Å²) in [7, 11) is 0. The Hall–Kier alpha value is -1.54. The van der Waals surface area contributed by atoms with Gasteiger partial charge in [-0.2, -0.15) is 0 Å². The van der Waals surface area contributed by atoms with Crippen LogP contribution in [0, 0.1) is 0 Å². The van der Waals surface area contributed by atoms with Crippen LogP contribution < -0.4 is 0 Å². The summed E-state index contributed by atoms with van der Waals surface area (Å²) in [5.41, 5.74) is 1.39. The topological polar surface area (TPSA) is 23.5 Å². The quantitative estimate of drug-likeness (QED) is 0.892. The van der Waals surface area contributed by atoms with Crippen LogP contribution in [-0.4, -0.2) is 29.6 Å². The Morgan fingerprint density at radius 1 is 1.06 bits per heavy atom. The highest BCUT2D eigenvalue weighted by Gasteiger charge is 2.11. The van der Waals surface area contributed by atoms with E-state index in [1.165, 1.54) is 36.9 Å². The highest BCUT2D eigenvalue weighted by Crippen LogP contribution is 2.23. The average Bonchev–Trinajstić information content (AvgIpc) is 2.89. The molecule has 1 N–H and O–H groups in total. The normalized spacial score (nSPS) is 16.4. The van der Waals surface area contributed by atoms with Gasteiger partial charge in [-0.05, 0) is 60.8 Å². The Morgan fingerprint density at radius 2 is 1.89 bits per heavy atom. The number of phenolic OH excluding ortho intramolecular Hbond substituents is 1. The van der Waals surface area contributed by atoms with Crippen LogP contribution in [0.1, 0.15) is 18.4 Å². The first-order valence-electron chi connectivity index (χ1n) is 6.76. The predicted molar refractivity (Wildman–Crippen MR) is 75.0 cm³/mol. The molecule has 0 unspecified atom stereocenters. The van der Waals surface area contributed by atoms with Crippen molar-refractivity contribution >= 4 is 10.8 Å². The molecule has 0 aromatic heterocycles. The Balaban J connectivity index is 1.82. The molecule has 1 heterocycles. The number of aromatic hydroxyl groups is 1. The zero-order valence-corrected chi connectivity index (χ0v) is 10.6. The highest BCUT2D eigenvalue weighted by atomic mass is 16.3. The summed E-state index contributed by atoms with van der Waals surface area (Å²) < 4.78 is 0. The molecule has 0 amide bonds. The van der Waals surface area contributed by atoms with E-state index >= 15 is 0 Å². The minimum Gasteiger partial charge on any atom is -0.508 e. The van der Waals surface area contributed by atoms with Crippen molar-refractivity contribution in [2.75, 3.05) is 19.6 Å². The molecule has 94 valence electrons. The summed E-state index contributed by atoms with van der Waals surface area (Å²) in [4.78, 5) is 2.54. The maximum absolute atomic E-state index is 9.52. The number of fused-ring (bicyclic) bond motifs is 1. The molecular formula is C16H19NO. The molecule has 2 aromatic rings. The van der Waals surface area contributed by atoms with Gasteiger partial charge >= 0.3 is 0 Å². The maximum atomic E-state index is 9.52. The lowest BCUT2D eigenvalue weighted by Gasteiger charge is -2.15. The SMILES string of the molecule is Oc1ccc2c(CCN3CCCC3)cccc2c1. The molecule has 2 aromatic carbocycles. The van der Waals surface area contributed by atoms with Gasteiger partial charge in [-0.3, -0.25) is 0 Å².